The SMILES string of the molecule is C[C@@H]1CN(c2ncc(-c3c(F)cc(N4CCN(C)[C@@H](C)C4)c(NC(=O)c4cn(C)c(=O)cc4C(F)(F)F)c3F)cn2)C[C@H](C)O1. The molecule has 2 saturated heterocycles. The number of amides is 1. The molecule has 2 aliphatic rings. The summed E-state index contributed by atoms with van der Waals surface area (Å²) >= 11 is 0. The van der Waals surface area contributed by atoms with Gasteiger partial charge in [-0.2, -0.15) is 13.2 Å². The molecule has 242 valence electrons. The molecule has 15 heteroatoms. The Kier molecular flexibility index (Phi) is 8.86. The first kappa shape index (κ1) is 32.3. The maximum atomic E-state index is 16.5. The van der Waals surface area contributed by atoms with E-state index < -0.39 is 51.7 Å². The number of nitrogens with one attached hydrogen (secondary N) is 1. The van der Waals surface area contributed by atoms with Gasteiger partial charge in [-0.3, -0.25) is 9.59 Å². The number of nitrogens with zero attached hydrogens (tertiary/aromatic N) is 6. The lowest BCUT2D eigenvalue weighted by Crippen LogP contribution is -2.50. The Morgan fingerprint density at radius 1 is 0.978 bits per heavy atom. The number of likely N-dealkylation sites (N-methyl/N-ethyl adjacent to an activating group) is 1. The lowest BCUT2D eigenvalue weighted by molar-refractivity contribution is -0.138. The van der Waals surface area contributed by atoms with E-state index in [9.17, 15) is 22.8 Å². The number of pyridine rings is 1. The Bertz CT molecular complexity index is 1640. The van der Waals surface area contributed by atoms with Crippen molar-refractivity contribution >= 4 is 23.2 Å². The molecule has 3 aromatic rings. The minimum absolute atomic E-state index is 0.0276. The van der Waals surface area contributed by atoms with Crippen LogP contribution in [0.5, 0.6) is 0 Å². The molecule has 0 aliphatic carbocycles. The minimum Gasteiger partial charge on any atom is -0.372 e. The van der Waals surface area contributed by atoms with E-state index in [1.54, 1.807) is 4.90 Å². The van der Waals surface area contributed by atoms with Gasteiger partial charge in [0.2, 0.25) is 5.95 Å². The van der Waals surface area contributed by atoms with Gasteiger partial charge in [-0.15, -0.1) is 0 Å². The van der Waals surface area contributed by atoms with E-state index >= 15 is 8.78 Å². The maximum absolute atomic E-state index is 16.5. The molecule has 2 aromatic heterocycles. The van der Waals surface area contributed by atoms with Crippen LogP contribution in [0, 0.1) is 11.6 Å². The average molecular weight is 636 g/mol. The number of piperazine rings is 1. The molecule has 0 unspecified atom stereocenters. The minimum atomic E-state index is -5.04. The van der Waals surface area contributed by atoms with E-state index in [1.165, 1.54) is 19.4 Å². The quantitative estimate of drug-likeness (QED) is 0.418. The Morgan fingerprint density at radius 3 is 2.22 bits per heavy atom. The van der Waals surface area contributed by atoms with Crippen LogP contribution < -0.4 is 20.7 Å². The second-order valence-corrected chi connectivity index (χ2v) is 11.7. The summed E-state index contributed by atoms with van der Waals surface area (Å²) in [5, 5.41) is 2.27. The topological polar surface area (TPSA) is 95.8 Å². The van der Waals surface area contributed by atoms with Crippen LogP contribution in [-0.4, -0.2) is 83.4 Å². The van der Waals surface area contributed by atoms with Gasteiger partial charge >= 0.3 is 6.18 Å². The summed E-state index contributed by atoms with van der Waals surface area (Å²) in [6.07, 6.45) is -1.95. The normalized spacial score (nSPS) is 21.2. The highest BCUT2D eigenvalue weighted by molar-refractivity contribution is 6.07. The van der Waals surface area contributed by atoms with Gasteiger partial charge in [-0.05, 0) is 27.8 Å². The van der Waals surface area contributed by atoms with Crippen molar-refractivity contribution in [3.05, 3.63) is 63.8 Å². The van der Waals surface area contributed by atoms with Gasteiger partial charge in [-0.25, -0.2) is 18.7 Å². The Morgan fingerprint density at radius 2 is 1.62 bits per heavy atom. The van der Waals surface area contributed by atoms with Gasteiger partial charge in [0.05, 0.1) is 34.6 Å². The number of alkyl halides is 3. The third-order valence-corrected chi connectivity index (χ3v) is 8.14. The number of morpholine rings is 1. The zero-order valence-corrected chi connectivity index (χ0v) is 25.5. The maximum Gasteiger partial charge on any atom is 0.417 e. The van der Waals surface area contributed by atoms with E-state index in [4.69, 9.17) is 4.74 Å². The van der Waals surface area contributed by atoms with Crippen molar-refractivity contribution in [3.8, 4) is 11.1 Å². The predicted octanol–water partition coefficient (Wildman–Crippen LogP) is 4.15. The molecule has 1 amide bonds. The van der Waals surface area contributed by atoms with Crippen molar-refractivity contribution in [2.24, 2.45) is 7.05 Å². The van der Waals surface area contributed by atoms with Crippen LogP contribution in [0.1, 0.15) is 36.7 Å². The van der Waals surface area contributed by atoms with Gasteiger partial charge in [-0.1, -0.05) is 0 Å². The average Bonchev–Trinajstić information content (AvgIpc) is 2.96. The molecule has 45 heavy (non-hydrogen) atoms. The summed E-state index contributed by atoms with van der Waals surface area (Å²) in [6.45, 7) is 7.98. The number of aromatic nitrogens is 3. The lowest BCUT2D eigenvalue weighted by atomic mass is 10.0. The van der Waals surface area contributed by atoms with Gasteiger partial charge in [0, 0.05) is 82.1 Å². The number of hydrogen-bond acceptors (Lipinski definition) is 8. The number of halogens is 5. The Hall–Kier alpha value is -4.11. The summed E-state index contributed by atoms with van der Waals surface area (Å²) in [4.78, 5) is 39.6. The number of rotatable bonds is 5. The summed E-state index contributed by atoms with van der Waals surface area (Å²) in [5.41, 5.74) is -4.47. The smallest absolute Gasteiger partial charge is 0.372 e. The molecule has 10 nitrogen and oxygen atoms in total. The van der Waals surface area contributed by atoms with Crippen LogP contribution in [0.25, 0.3) is 11.1 Å². The summed E-state index contributed by atoms with van der Waals surface area (Å²) < 4.78 is 80.3. The third-order valence-electron chi connectivity index (χ3n) is 8.14. The summed E-state index contributed by atoms with van der Waals surface area (Å²) in [6, 6.07) is 1.33. The van der Waals surface area contributed by atoms with Crippen LogP contribution in [0.4, 0.5) is 39.3 Å². The molecule has 2 fully saturated rings. The molecule has 2 aliphatic heterocycles. The number of aryl methyl sites for hydroxylation is 1. The second-order valence-electron chi connectivity index (χ2n) is 11.7. The van der Waals surface area contributed by atoms with Crippen LogP contribution >= 0.6 is 0 Å². The fraction of sp³-hybridized carbons (Fsp3) is 0.467. The summed E-state index contributed by atoms with van der Waals surface area (Å²) in [5.74, 6) is -3.14. The van der Waals surface area contributed by atoms with E-state index in [2.05, 4.69) is 15.3 Å². The number of carbonyl (C=O) groups is 1. The van der Waals surface area contributed by atoms with Crippen molar-refractivity contribution in [1.82, 2.24) is 19.4 Å². The standard InChI is InChI=1S/C30H34F5N7O3/c1-16-12-41(7-6-39(16)4)23-9-22(31)25(19-10-36-29(37-11-19)42-13-17(2)45-18(3)14-42)26(32)27(23)38-28(44)20-15-40(5)24(43)8-21(20)30(33,34)35/h8-11,15-18H,6-7,12-14H2,1-5H3,(H,38,44)/t16-,17-,18+/m0/s1. The van der Waals surface area contributed by atoms with Crippen molar-refractivity contribution in [1.29, 1.82) is 0 Å². The fourth-order valence-electron chi connectivity index (χ4n) is 5.69. The molecule has 3 atom stereocenters. The first-order chi connectivity index (χ1) is 21.1. The number of benzene rings is 1. The molecule has 0 spiro atoms. The van der Waals surface area contributed by atoms with Crippen LogP contribution in [0.15, 0.2) is 35.5 Å². The van der Waals surface area contributed by atoms with Crippen LogP contribution in [-0.2, 0) is 18.0 Å². The number of anilines is 3. The van der Waals surface area contributed by atoms with Gasteiger partial charge in [0.15, 0.2) is 5.82 Å². The molecule has 1 N–H and O–H groups in total. The van der Waals surface area contributed by atoms with E-state index in [-0.39, 0.29) is 29.5 Å². The zero-order chi connectivity index (χ0) is 32.8. The molecular formula is C30H34F5N7O3. The predicted molar refractivity (Wildman–Crippen MR) is 159 cm³/mol. The highest BCUT2D eigenvalue weighted by atomic mass is 19.4. The molecule has 0 radical (unpaired) electrons. The van der Waals surface area contributed by atoms with Crippen molar-refractivity contribution < 1.29 is 31.5 Å². The lowest BCUT2D eigenvalue weighted by Gasteiger charge is -2.39. The van der Waals surface area contributed by atoms with E-state index in [0.717, 1.165) is 16.8 Å². The highest BCUT2D eigenvalue weighted by Crippen LogP contribution is 2.40. The van der Waals surface area contributed by atoms with Crippen LogP contribution in [0.3, 0.4) is 0 Å². The zero-order valence-electron chi connectivity index (χ0n) is 25.5. The molecule has 1 aromatic carbocycles. The van der Waals surface area contributed by atoms with Crippen molar-refractivity contribution in [3.63, 3.8) is 0 Å². The fourth-order valence-corrected chi connectivity index (χ4v) is 5.69. The summed E-state index contributed by atoms with van der Waals surface area (Å²) in [7, 11) is 3.09. The molecule has 5 rings (SSSR count). The van der Waals surface area contributed by atoms with Crippen LogP contribution in [0.2, 0.25) is 0 Å². The molecular weight excluding hydrogens is 601 g/mol. The van der Waals surface area contributed by atoms with E-state index in [1.807, 2.05) is 37.6 Å². The number of carbonyl (C=O) groups excluding carboxylic acids is 1. The third kappa shape index (κ3) is 6.64. The molecule has 0 bridgehead atoms. The van der Waals surface area contributed by atoms with Gasteiger partial charge in [0.1, 0.15) is 11.5 Å². The van der Waals surface area contributed by atoms with Gasteiger partial charge in [0.25, 0.3) is 11.5 Å². The number of ether oxygens (including phenoxy) is 1. The van der Waals surface area contributed by atoms with Crippen molar-refractivity contribution in [2.75, 3.05) is 54.9 Å². The first-order valence-electron chi connectivity index (χ1n) is 14.4. The van der Waals surface area contributed by atoms with E-state index in [0.29, 0.717) is 44.7 Å². The monoisotopic (exact) mass is 635 g/mol. The Balaban J connectivity index is 1.58. The van der Waals surface area contributed by atoms with Gasteiger partial charge < -0.3 is 29.3 Å². The van der Waals surface area contributed by atoms with Crippen molar-refractivity contribution in [2.45, 2.75) is 45.2 Å². The first-order valence-corrected chi connectivity index (χ1v) is 14.4. The molecule has 4 heterocycles. The number of hydrogen-bond donors (Lipinski definition) is 1. The Labute approximate surface area is 256 Å². The second kappa shape index (κ2) is 12.4. The highest BCUT2D eigenvalue weighted by Gasteiger charge is 2.37. The largest absolute Gasteiger partial charge is 0.417 e. The molecule has 0 saturated carbocycles.